The number of halogens is 1. The Bertz CT molecular complexity index is 766. The van der Waals surface area contributed by atoms with Crippen molar-refractivity contribution < 1.29 is 13.9 Å². The first-order valence-corrected chi connectivity index (χ1v) is 9.21. The number of nitrogens with zero attached hydrogens (tertiary/aromatic N) is 1. The highest BCUT2D eigenvalue weighted by Crippen LogP contribution is 2.22. The summed E-state index contributed by atoms with van der Waals surface area (Å²) in [4.78, 5) is 14.2. The van der Waals surface area contributed by atoms with Crippen LogP contribution < -0.4 is 20.3 Å². The lowest BCUT2D eigenvalue weighted by Gasteiger charge is -2.32. The molecule has 0 unspecified atom stereocenters. The first-order chi connectivity index (χ1) is 13.0. The van der Waals surface area contributed by atoms with Crippen LogP contribution >= 0.6 is 0 Å². The van der Waals surface area contributed by atoms with Gasteiger partial charge in [0.15, 0.2) is 0 Å². The molecule has 2 amide bonds. The molecule has 2 atom stereocenters. The Morgan fingerprint density at radius 1 is 1.30 bits per heavy atom. The molecule has 0 radical (unpaired) electrons. The van der Waals surface area contributed by atoms with E-state index in [-0.39, 0.29) is 18.0 Å². The van der Waals surface area contributed by atoms with E-state index >= 15 is 0 Å². The summed E-state index contributed by atoms with van der Waals surface area (Å²) < 4.78 is 18.3. The highest BCUT2D eigenvalue weighted by Gasteiger charge is 2.24. The Hall–Kier alpha value is -2.60. The summed E-state index contributed by atoms with van der Waals surface area (Å²) >= 11 is 0. The summed E-state index contributed by atoms with van der Waals surface area (Å²) in [6, 6.07) is 13.9. The van der Waals surface area contributed by atoms with Gasteiger partial charge in [-0.05, 0) is 61.6 Å². The number of methoxy groups -OCH3 is 1. The molecular formula is C21H26FN3O2. The van der Waals surface area contributed by atoms with Crippen molar-refractivity contribution in [2.45, 2.75) is 25.4 Å². The van der Waals surface area contributed by atoms with Gasteiger partial charge in [-0.15, -0.1) is 0 Å². The van der Waals surface area contributed by atoms with Crippen molar-refractivity contribution in [1.29, 1.82) is 0 Å². The minimum Gasteiger partial charge on any atom is -0.497 e. The van der Waals surface area contributed by atoms with Crippen LogP contribution in [0.4, 0.5) is 14.9 Å². The van der Waals surface area contributed by atoms with Crippen LogP contribution in [0.3, 0.4) is 0 Å². The molecule has 1 saturated heterocycles. The summed E-state index contributed by atoms with van der Waals surface area (Å²) in [6.07, 6.45) is 2.69. The van der Waals surface area contributed by atoms with Crippen LogP contribution in [0.25, 0.3) is 0 Å². The second kappa shape index (κ2) is 8.86. The Morgan fingerprint density at radius 2 is 2.07 bits per heavy atom. The molecule has 3 rings (SSSR count). The molecule has 1 aliphatic rings. The molecule has 1 heterocycles. The van der Waals surface area contributed by atoms with E-state index in [1.54, 1.807) is 19.1 Å². The van der Waals surface area contributed by atoms with Gasteiger partial charge >= 0.3 is 6.03 Å². The van der Waals surface area contributed by atoms with Crippen molar-refractivity contribution in [2.24, 2.45) is 5.92 Å². The number of hydrogen-bond acceptors (Lipinski definition) is 3. The Morgan fingerprint density at radius 3 is 2.81 bits per heavy atom. The standard InChI is InChI=1S/C21H26FN3O2/c1-25(18-4-3-5-19(14-18)27-2)21(26)24-20-13-16(10-11-23-20)12-15-6-8-17(22)9-7-15/h3-9,14,16,20,23H,10-13H2,1-2H3,(H,24,26)/t16-,20-/m0/s1. The number of amides is 2. The van der Waals surface area contributed by atoms with Crippen LogP contribution in [0.5, 0.6) is 5.75 Å². The van der Waals surface area contributed by atoms with Gasteiger partial charge in [0.05, 0.1) is 13.3 Å². The van der Waals surface area contributed by atoms with E-state index in [9.17, 15) is 9.18 Å². The first kappa shape index (κ1) is 19.2. The van der Waals surface area contributed by atoms with Crippen LogP contribution in [0, 0.1) is 11.7 Å². The maximum Gasteiger partial charge on any atom is 0.322 e. The molecule has 144 valence electrons. The summed E-state index contributed by atoms with van der Waals surface area (Å²) in [7, 11) is 3.34. The molecule has 0 bridgehead atoms. The second-order valence-electron chi connectivity index (χ2n) is 6.94. The summed E-state index contributed by atoms with van der Waals surface area (Å²) in [6.45, 7) is 0.847. The van der Waals surface area contributed by atoms with E-state index in [0.29, 0.717) is 11.7 Å². The van der Waals surface area contributed by atoms with Crippen molar-refractivity contribution in [1.82, 2.24) is 10.6 Å². The van der Waals surface area contributed by atoms with Crippen molar-refractivity contribution in [3.05, 3.63) is 59.9 Å². The first-order valence-electron chi connectivity index (χ1n) is 9.21. The fourth-order valence-electron chi connectivity index (χ4n) is 3.43. The number of carbonyl (C=O) groups is 1. The molecule has 0 saturated carbocycles. The number of benzene rings is 2. The van der Waals surface area contributed by atoms with Gasteiger partial charge in [-0.2, -0.15) is 0 Å². The van der Waals surface area contributed by atoms with Gasteiger partial charge in [-0.3, -0.25) is 10.2 Å². The number of urea groups is 1. The van der Waals surface area contributed by atoms with Crippen LogP contribution in [0.15, 0.2) is 48.5 Å². The number of rotatable bonds is 5. The Labute approximate surface area is 159 Å². The maximum absolute atomic E-state index is 13.1. The van der Waals surface area contributed by atoms with Gasteiger partial charge in [0, 0.05) is 18.8 Å². The van der Waals surface area contributed by atoms with Crippen LogP contribution in [-0.4, -0.2) is 32.9 Å². The quantitative estimate of drug-likeness (QED) is 0.845. The van der Waals surface area contributed by atoms with E-state index in [0.717, 1.165) is 37.1 Å². The van der Waals surface area contributed by atoms with E-state index in [1.807, 2.05) is 36.4 Å². The topological polar surface area (TPSA) is 53.6 Å². The molecule has 0 aliphatic carbocycles. The van der Waals surface area contributed by atoms with Gasteiger partial charge in [0.25, 0.3) is 0 Å². The number of carbonyl (C=O) groups excluding carboxylic acids is 1. The molecule has 2 N–H and O–H groups in total. The van der Waals surface area contributed by atoms with Crippen LogP contribution in [0.2, 0.25) is 0 Å². The van der Waals surface area contributed by atoms with Crippen LogP contribution in [0.1, 0.15) is 18.4 Å². The highest BCUT2D eigenvalue weighted by molar-refractivity contribution is 5.91. The zero-order valence-electron chi connectivity index (χ0n) is 15.7. The molecule has 1 fully saturated rings. The predicted octanol–water partition coefficient (Wildman–Crippen LogP) is 3.55. The normalized spacial score (nSPS) is 19.4. The van der Waals surface area contributed by atoms with Crippen molar-refractivity contribution in [3.8, 4) is 5.75 Å². The number of piperidine rings is 1. The maximum atomic E-state index is 13.1. The minimum atomic E-state index is -0.213. The molecule has 0 aromatic heterocycles. The number of nitrogens with one attached hydrogen (secondary N) is 2. The molecule has 1 aliphatic heterocycles. The lowest BCUT2D eigenvalue weighted by Crippen LogP contribution is -2.53. The van der Waals surface area contributed by atoms with Crippen molar-refractivity contribution in [3.63, 3.8) is 0 Å². The lowest BCUT2D eigenvalue weighted by molar-refractivity contribution is 0.226. The molecular weight excluding hydrogens is 345 g/mol. The fourth-order valence-corrected chi connectivity index (χ4v) is 3.43. The van der Waals surface area contributed by atoms with Crippen molar-refractivity contribution in [2.75, 3.05) is 25.6 Å². The minimum absolute atomic E-state index is 0.0789. The third-order valence-corrected chi connectivity index (χ3v) is 4.99. The number of hydrogen-bond donors (Lipinski definition) is 2. The zero-order valence-corrected chi connectivity index (χ0v) is 15.7. The summed E-state index contributed by atoms with van der Waals surface area (Å²) in [5.74, 6) is 0.946. The van der Waals surface area contributed by atoms with E-state index in [2.05, 4.69) is 10.6 Å². The third kappa shape index (κ3) is 5.20. The smallest absolute Gasteiger partial charge is 0.322 e. The lowest BCUT2D eigenvalue weighted by atomic mass is 9.89. The van der Waals surface area contributed by atoms with E-state index in [4.69, 9.17) is 4.74 Å². The third-order valence-electron chi connectivity index (χ3n) is 4.99. The van der Waals surface area contributed by atoms with Gasteiger partial charge in [-0.1, -0.05) is 18.2 Å². The highest BCUT2D eigenvalue weighted by atomic mass is 19.1. The van der Waals surface area contributed by atoms with E-state index < -0.39 is 0 Å². The van der Waals surface area contributed by atoms with Gasteiger partial charge < -0.3 is 10.1 Å². The van der Waals surface area contributed by atoms with E-state index in [1.165, 1.54) is 12.1 Å². The van der Waals surface area contributed by atoms with Gasteiger partial charge in [0.2, 0.25) is 0 Å². The van der Waals surface area contributed by atoms with Gasteiger partial charge in [0.1, 0.15) is 11.6 Å². The molecule has 2 aromatic carbocycles. The zero-order chi connectivity index (χ0) is 19.2. The average molecular weight is 371 g/mol. The second-order valence-corrected chi connectivity index (χ2v) is 6.94. The molecule has 0 spiro atoms. The summed E-state index contributed by atoms with van der Waals surface area (Å²) in [5.41, 5.74) is 1.90. The molecule has 27 heavy (non-hydrogen) atoms. The average Bonchev–Trinajstić information content (AvgIpc) is 2.69. The number of ether oxygens (including phenoxy) is 1. The molecule has 2 aromatic rings. The Balaban J connectivity index is 1.56. The number of anilines is 1. The molecule has 6 heteroatoms. The summed E-state index contributed by atoms with van der Waals surface area (Å²) in [5, 5.41) is 6.41. The fraction of sp³-hybridized carbons (Fsp3) is 0.381. The monoisotopic (exact) mass is 371 g/mol. The van der Waals surface area contributed by atoms with Crippen LogP contribution in [-0.2, 0) is 6.42 Å². The predicted molar refractivity (Wildman–Crippen MR) is 105 cm³/mol. The Kier molecular flexibility index (Phi) is 6.29. The van der Waals surface area contributed by atoms with Gasteiger partial charge in [-0.25, -0.2) is 9.18 Å². The molecule has 5 nitrogen and oxygen atoms in total. The largest absolute Gasteiger partial charge is 0.497 e. The van der Waals surface area contributed by atoms with Crippen molar-refractivity contribution >= 4 is 11.7 Å². The SMILES string of the molecule is COc1cccc(N(C)C(=O)N[C@H]2C[C@H](Cc3ccc(F)cc3)CCN2)c1.